The van der Waals surface area contributed by atoms with E-state index in [4.69, 9.17) is 9.47 Å². The summed E-state index contributed by atoms with van der Waals surface area (Å²) in [7, 11) is 1.39. The lowest BCUT2D eigenvalue weighted by atomic mass is 9.86. The minimum atomic E-state index is -0.518. The Kier molecular flexibility index (Phi) is 9.17. The molecule has 1 saturated carbocycles. The van der Waals surface area contributed by atoms with Crippen LogP contribution in [0.2, 0.25) is 0 Å². The molecule has 0 unspecified atom stereocenters. The summed E-state index contributed by atoms with van der Waals surface area (Å²) < 4.78 is 24.8. The highest BCUT2D eigenvalue weighted by atomic mass is 35.5. The Labute approximate surface area is 177 Å². The molecule has 1 amide bonds. The largest absolute Gasteiger partial charge is 0.490 e. The van der Waals surface area contributed by atoms with Gasteiger partial charge in [-0.1, -0.05) is 0 Å². The maximum Gasteiger partial charge on any atom is 0.308 e. The van der Waals surface area contributed by atoms with Gasteiger partial charge in [0.2, 0.25) is 0 Å². The SMILES string of the molecule is COC(=O)C1CCC(NC(=O)c2ccc(OCC3CCNCC3)c(F)c2)CC1.Cl. The highest BCUT2D eigenvalue weighted by Crippen LogP contribution is 2.26. The van der Waals surface area contributed by atoms with E-state index in [-0.39, 0.29) is 47.6 Å². The van der Waals surface area contributed by atoms with Crippen LogP contribution >= 0.6 is 12.4 Å². The average Bonchev–Trinajstić information content (AvgIpc) is 2.73. The molecular weight excluding hydrogens is 399 g/mol. The van der Waals surface area contributed by atoms with Crippen LogP contribution in [0.15, 0.2) is 18.2 Å². The fraction of sp³-hybridized carbons (Fsp3) is 0.619. The molecule has 3 rings (SSSR count). The Morgan fingerprint density at radius 1 is 1.14 bits per heavy atom. The molecule has 1 aliphatic heterocycles. The molecular formula is C21H30ClFN2O4. The number of nitrogens with one attached hydrogen (secondary N) is 2. The maximum atomic E-state index is 14.4. The zero-order valence-corrected chi connectivity index (χ0v) is 17.6. The quantitative estimate of drug-likeness (QED) is 0.681. The number of amides is 1. The number of hydrogen-bond acceptors (Lipinski definition) is 5. The van der Waals surface area contributed by atoms with Gasteiger partial charge in [-0.3, -0.25) is 9.59 Å². The first-order valence-electron chi connectivity index (χ1n) is 10.1. The van der Waals surface area contributed by atoms with Gasteiger partial charge in [0, 0.05) is 11.6 Å². The van der Waals surface area contributed by atoms with Crippen molar-refractivity contribution in [1.29, 1.82) is 0 Å². The van der Waals surface area contributed by atoms with Gasteiger partial charge < -0.3 is 20.1 Å². The summed E-state index contributed by atoms with van der Waals surface area (Å²) in [5.41, 5.74) is 0.279. The molecule has 0 atom stereocenters. The Morgan fingerprint density at radius 2 is 1.83 bits per heavy atom. The molecule has 0 bridgehead atoms. The summed E-state index contributed by atoms with van der Waals surface area (Å²) in [4.78, 5) is 24.0. The topological polar surface area (TPSA) is 76.7 Å². The van der Waals surface area contributed by atoms with E-state index in [0.717, 1.165) is 25.9 Å². The van der Waals surface area contributed by atoms with Gasteiger partial charge in [0.1, 0.15) is 0 Å². The van der Waals surface area contributed by atoms with Gasteiger partial charge in [-0.25, -0.2) is 4.39 Å². The van der Waals surface area contributed by atoms with Crippen molar-refractivity contribution in [1.82, 2.24) is 10.6 Å². The molecule has 162 valence electrons. The van der Waals surface area contributed by atoms with Crippen LogP contribution in [0.1, 0.15) is 48.9 Å². The minimum absolute atomic E-state index is 0. The summed E-state index contributed by atoms with van der Waals surface area (Å²) >= 11 is 0. The number of benzene rings is 1. The summed E-state index contributed by atoms with van der Waals surface area (Å²) in [6.07, 6.45) is 4.86. The second-order valence-electron chi connectivity index (χ2n) is 7.69. The third-order valence-electron chi connectivity index (χ3n) is 5.72. The van der Waals surface area contributed by atoms with Crippen molar-refractivity contribution in [3.05, 3.63) is 29.6 Å². The number of carbonyl (C=O) groups excluding carboxylic acids is 2. The predicted molar refractivity (Wildman–Crippen MR) is 110 cm³/mol. The van der Waals surface area contributed by atoms with Crippen LogP contribution in [0.25, 0.3) is 0 Å². The molecule has 8 heteroatoms. The number of esters is 1. The monoisotopic (exact) mass is 428 g/mol. The summed E-state index contributed by atoms with van der Waals surface area (Å²) in [5.74, 6) is -0.474. The van der Waals surface area contributed by atoms with Crippen molar-refractivity contribution in [2.75, 3.05) is 26.8 Å². The highest BCUT2D eigenvalue weighted by molar-refractivity contribution is 5.94. The lowest BCUT2D eigenvalue weighted by Gasteiger charge is -2.27. The van der Waals surface area contributed by atoms with E-state index >= 15 is 0 Å². The van der Waals surface area contributed by atoms with E-state index in [1.807, 2.05) is 0 Å². The molecule has 6 nitrogen and oxygen atoms in total. The Morgan fingerprint density at radius 3 is 2.45 bits per heavy atom. The minimum Gasteiger partial charge on any atom is -0.490 e. The molecule has 1 saturated heterocycles. The predicted octanol–water partition coefficient (Wildman–Crippen LogP) is 3.09. The first kappa shape index (κ1) is 23.4. The maximum absolute atomic E-state index is 14.4. The van der Waals surface area contributed by atoms with Crippen LogP contribution in [0, 0.1) is 17.7 Å². The zero-order chi connectivity index (χ0) is 19.9. The fourth-order valence-corrected chi connectivity index (χ4v) is 3.92. The van der Waals surface area contributed by atoms with Crippen molar-refractivity contribution in [3.63, 3.8) is 0 Å². The number of piperidine rings is 1. The van der Waals surface area contributed by atoms with Gasteiger partial charge in [-0.2, -0.15) is 0 Å². The molecule has 2 fully saturated rings. The molecule has 29 heavy (non-hydrogen) atoms. The molecule has 2 aliphatic rings. The van der Waals surface area contributed by atoms with Crippen LogP contribution in [-0.4, -0.2) is 44.7 Å². The van der Waals surface area contributed by atoms with Crippen molar-refractivity contribution in [3.8, 4) is 5.75 Å². The summed E-state index contributed by atoms with van der Waals surface area (Å²) in [6, 6.07) is 4.34. The number of methoxy groups -OCH3 is 1. The van der Waals surface area contributed by atoms with Gasteiger partial charge in [0.15, 0.2) is 11.6 Å². The van der Waals surface area contributed by atoms with Crippen LogP contribution in [-0.2, 0) is 9.53 Å². The third kappa shape index (κ3) is 6.57. The second kappa shape index (κ2) is 11.4. The molecule has 1 heterocycles. The van der Waals surface area contributed by atoms with Gasteiger partial charge in [-0.05, 0) is 75.7 Å². The molecule has 1 aromatic carbocycles. The summed E-state index contributed by atoms with van der Waals surface area (Å²) in [5, 5.41) is 6.23. The zero-order valence-electron chi connectivity index (χ0n) is 16.7. The fourth-order valence-electron chi connectivity index (χ4n) is 3.92. The van der Waals surface area contributed by atoms with E-state index in [1.165, 1.54) is 19.2 Å². The normalized spacial score (nSPS) is 22.3. The Balaban J connectivity index is 0.00000300. The first-order chi connectivity index (χ1) is 13.6. The van der Waals surface area contributed by atoms with Gasteiger partial charge >= 0.3 is 5.97 Å². The smallest absolute Gasteiger partial charge is 0.308 e. The van der Waals surface area contributed by atoms with Crippen molar-refractivity contribution in [2.45, 2.75) is 44.6 Å². The van der Waals surface area contributed by atoms with E-state index in [9.17, 15) is 14.0 Å². The Bertz CT molecular complexity index is 689. The average molecular weight is 429 g/mol. The van der Waals surface area contributed by atoms with Crippen LogP contribution in [0.4, 0.5) is 4.39 Å². The first-order valence-corrected chi connectivity index (χ1v) is 10.1. The molecule has 0 radical (unpaired) electrons. The summed E-state index contributed by atoms with van der Waals surface area (Å²) in [6.45, 7) is 2.43. The third-order valence-corrected chi connectivity index (χ3v) is 5.72. The van der Waals surface area contributed by atoms with E-state index in [2.05, 4.69) is 10.6 Å². The molecule has 2 N–H and O–H groups in total. The molecule has 1 aromatic rings. The van der Waals surface area contributed by atoms with E-state index in [0.29, 0.717) is 38.2 Å². The lowest BCUT2D eigenvalue weighted by molar-refractivity contribution is -0.146. The molecule has 1 aliphatic carbocycles. The Hall–Kier alpha value is -1.86. The van der Waals surface area contributed by atoms with E-state index < -0.39 is 5.82 Å². The van der Waals surface area contributed by atoms with Gasteiger partial charge in [0.25, 0.3) is 5.91 Å². The highest BCUT2D eigenvalue weighted by Gasteiger charge is 2.28. The second-order valence-corrected chi connectivity index (χ2v) is 7.69. The molecule has 0 spiro atoms. The lowest BCUT2D eigenvalue weighted by Crippen LogP contribution is -2.38. The van der Waals surface area contributed by atoms with Crippen LogP contribution in [0.5, 0.6) is 5.75 Å². The van der Waals surface area contributed by atoms with Crippen LogP contribution in [0.3, 0.4) is 0 Å². The number of hydrogen-bond donors (Lipinski definition) is 2. The number of carbonyl (C=O) groups is 2. The van der Waals surface area contributed by atoms with E-state index in [1.54, 1.807) is 6.07 Å². The number of ether oxygens (including phenoxy) is 2. The number of rotatable bonds is 6. The standard InChI is InChI=1S/C21H29FN2O4.ClH/c1-27-21(26)15-2-5-17(6-3-15)24-20(25)16-4-7-19(18(22)12-16)28-13-14-8-10-23-11-9-14;/h4,7,12,14-15,17,23H,2-3,5-6,8-11,13H2,1H3,(H,24,25);1H. The van der Waals surface area contributed by atoms with Gasteiger partial charge in [-0.15, -0.1) is 12.4 Å². The molecule has 0 aromatic heterocycles. The van der Waals surface area contributed by atoms with Crippen molar-refractivity contribution in [2.24, 2.45) is 11.8 Å². The van der Waals surface area contributed by atoms with Crippen molar-refractivity contribution >= 4 is 24.3 Å². The van der Waals surface area contributed by atoms with Gasteiger partial charge in [0.05, 0.1) is 19.6 Å². The van der Waals surface area contributed by atoms with Crippen LogP contribution < -0.4 is 15.4 Å². The van der Waals surface area contributed by atoms with Crippen molar-refractivity contribution < 1.29 is 23.5 Å². The number of halogens is 2.